The summed E-state index contributed by atoms with van der Waals surface area (Å²) in [5, 5.41) is 9.38. The minimum atomic E-state index is -3.67. The molecule has 0 aliphatic heterocycles. The Bertz CT molecular complexity index is 946. The molecule has 0 aliphatic rings. The lowest BCUT2D eigenvalue weighted by Crippen LogP contribution is -2.20. The van der Waals surface area contributed by atoms with Gasteiger partial charge in [-0.2, -0.15) is 0 Å². The number of thiophene rings is 1. The van der Waals surface area contributed by atoms with E-state index in [1.807, 2.05) is 24.3 Å². The van der Waals surface area contributed by atoms with Crippen LogP contribution in [0.4, 0.5) is 5.69 Å². The molecular formula is C16H14N2O4S2. The number of anilines is 1. The maximum atomic E-state index is 12.5. The second kappa shape index (κ2) is 6.60. The van der Waals surface area contributed by atoms with E-state index in [0.717, 1.165) is 10.1 Å². The number of benzene rings is 2. The fourth-order valence-corrected chi connectivity index (χ4v) is 4.67. The van der Waals surface area contributed by atoms with Gasteiger partial charge in [0.1, 0.15) is 4.21 Å². The number of amides is 1. The van der Waals surface area contributed by atoms with Crippen molar-refractivity contribution in [1.82, 2.24) is 5.48 Å². The largest absolute Gasteiger partial charge is 0.289 e. The van der Waals surface area contributed by atoms with Crippen molar-refractivity contribution in [3.05, 3.63) is 60.2 Å². The third kappa shape index (κ3) is 3.56. The molecule has 24 heavy (non-hydrogen) atoms. The lowest BCUT2D eigenvalue weighted by molar-refractivity contribution is -0.128. The molecule has 0 aliphatic carbocycles. The second-order valence-corrected chi connectivity index (χ2v) is 8.11. The Morgan fingerprint density at radius 1 is 1.08 bits per heavy atom. The van der Waals surface area contributed by atoms with E-state index in [1.54, 1.807) is 35.8 Å². The van der Waals surface area contributed by atoms with E-state index in [1.165, 1.54) is 11.3 Å². The fourth-order valence-electron chi connectivity index (χ4n) is 2.21. The number of rotatable bonds is 5. The molecule has 1 amide bonds. The summed E-state index contributed by atoms with van der Waals surface area (Å²) in [6, 6.07) is 15.5. The summed E-state index contributed by atoms with van der Waals surface area (Å²) < 4.78 is 28.6. The van der Waals surface area contributed by atoms with Crippen LogP contribution in [0.5, 0.6) is 0 Å². The van der Waals surface area contributed by atoms with Crippen LogP contribution in [0.1, 0.15) is 5.56 Å². The maximum absolute atomic E-state index is 12.5. The molecular weight excluding hydrogens is 348 g/mol. The van der Waals surface area contributed by atoms with Crippen molar-refractivity contribution >= 4 is 43.0 Å². The number of hydrogen-bond donors (Lipinski definition) is 3. The smallest absolute Gasteiger partial charge is 0.271 e. The van der Waals surface area contributed by atoms with Gasteiger partial charge in [-0.3, -0.25) is 14.7 Å². The average Bonchev–Trinajstić information content (AvgIpc) is 3.01. The van der Waals surface area contributed by atoms with E-state index in [-0.39, 0.29) is 10.6 Å². The Kier molecular flexibility index (Phi) is 4.52. The van der Waals surface area contributed by atoms with Crippen molar-refractivity contribution in [2.24, 2.45) is 0 Å². The van der Waals surface area contributed by atoms with Gasteiger partial charge in [0.15, 0.2) is 0 Å². The van der Waals surface area contributed by atoms with Gasteiger partial charge in [0.25, 0.3) is 10.0 Å². The van der Waals surface area contributed by atoms with Crippen molar-refractivity contribution in [1.29, 1.82) is 0 Å². The van der Waals surface area contributed by atoms with Crippen LogP contribution in [-0.4, -0.2) is 19.5 Å². The molecule has 0 saturated heterocycles. The van der Waals surface area contributed by atoms with Crippen LogP contribution in [0.15, 0.2) is 58.8 Å². The average molecular weight is 362 g/mol. The second-order valence-electron chi connectivity index (χ2n) is 5.12. The first kappa shape index (κ1) is 16.4. The summed E-state index contributed by atoms with van der Waals surface area (Å²) in [5.41, 5.74) is 2.61. The predicted molar refractivity (Wildman–Crippen MR) is 92.7 cm³/mol. The van der Waals surface area contributed by atoms with Gasteiger partial charge in [0.05, 0.1) is 6.42 Å². The summed E-state index contributed by atoms with van der Waals surface area (Å²) in [7, 11) is -3.67. The Morgan fingerprint density at radius 2 is 1.79 bits per heavy atom. The Morgan fingerprint density at radius 3 is 2.46 bits per heavy atom. The molecule has 0 radical (unpaired) electrons. The van der Waals surface area contributed by atoms with E-state index in [4.69, 9.17) is 5.21 Å². The normalized spacial score (nSPS) is 11.4. The van der Waals surface area contributed by atoms with Crippen LogP contribution in [-0.2, 0) is 21.2 Å². The van der Waals surface area contributed by atoms with Crippen LogP contribution >= 0.6 is 11.3 Å². The van der Waals surface area contributed by atoms with Gasteiger partial charge in [0, 0.05) is 10.4 Å². The zero-order valence-corrected chi connectivity index (χ0v) is 14.0. The maximum Gasteiger partial charge on any atom is 0.271 e. The minimum absolute atomic E-state index is 0.0137. The van der Waals surface area contributed by atoms with Crippen molar-refractivity contribution in [2.75, 3.05) is 4.72 Å². The van der Waals surface area contributed by atoms with Crippen molar-refractivity contribution in [3.63, 3.8) is 0 Å². The highest BCUT2D eigenvalue weighted by Crippen LogP contribution is 2.30. The number of carbonyl (C=O) groups excluding carboxylic acids is 1. The molecule has 0 bridgehead atoms. The minimum Gasteiger partial charge on any atom is -0.289 e. The summed E-state index contributed by atoms with van der Waals surface area (Å²) in [6.45, 7) is 0. The van der Waals surface area contributed by atoms with Gasteiger partial charge < -0.3 is 0 Å². The Balaban J connectivity index is 1.80. The van der Waals surface area contributed by atoms with Gasteiger partial charge in [0.2, 0.25) is 5.91 Å². The highest BCUT2D eigenvalue weighted by molar-refractivity contribution is 7.94. The van der Waals surface area contributed by atoms with Crippen LogP contribution < -0.4 is 10.2 Å². The topological polar surface area (TPSA) is 95.5 Å². The van der Waals surface area contributed by atoms with Crippen molar-refractivity contribution < 1.29 is 18.4 Å². The van der Waals surface area contributed by atoms with Crippen LogP contribution in [0.25, 0.3) is 10.1 Å². The van der Waals surface area contributed by atoms with Crippen LogP contribution in [0, 0.1) is 0 Å². The molecule has 0 spiro atoms. The van der Waals surface area contributed by atoms with E-state index in [0.29, 0.717) is 11.3 Å². The first-order valence-corrected chi connectivity index (χ1v) is 9.31. The van der Waals surface area contributed by atoms with E-state index >= 15 is 0 Å². The molecule has 8 heteroatoms. The third-order valence-corrected chi connectivity index (χ3v) is 6.33. The quantitative estimate of drug-likeness (QED) is 0.480. The summed E-state index contributed by atoms with van der Waals surface area (Å²) in [5.74, 6) is -0.534. The highest BCUT2D eigenvalue weighted by atomic mass is 32.2. The molecule has 3 rings (SSSR count). The van der Waals surface area contributed by atoms with E-state index in [2.05, 4.69) is 4.72 Å². The van der Waals surface area contributed by atoms with Gasteiger partial charge in [-0.05, 0) is 35.2 Å². The molecule has 1 aromatic heterocycles. The summed E-state index contributed by atoms with van der Waals surface area (Å²) in [6.07, 6.45) is 0.0137. The molecule has 3 aromatic rings. The number of sulfonamides is 1. The first-order chi connectivity index (χ1) is 11.5. The summed E-state index contributed by atoms with van der Waals surface area (Å²) >= 11 is 1.21. The fraction of sp³-hybridized carbons (Fsp3) is 0.0625. The zero-order valence-electron chi connectivity index (χ0n) is 12.4. The standard InChI is InChI=1S/C16H14N2O4S2/c19-15(17-20)9-11-5-7-13(8-6-11)18-24(21,22)16-10-12-3-1-2-4-14(12)23-16/h1-8,10,18,20H,9H2,(H,17,19). The number of hydroxylamine groups is 1. The van der Waals surface area contributed by atoms with Gasteiger partial charge in [-0.1, -0.05) is 30.3 Å². The lowest BCUT2D eigenvalue weighted by Gasteiger charge is -2.07. The number of hydrogen-bond acceptors (Lipinski definition) is 5. The van der Waals surface area contributed by atoms with Crippen LogP contribution in [0.2, 0.25) is 0 Å². The predicted octanol–water partition coefficient (Wildman–Crippen LogP) is 2.75. The third-order valence-electron chi connectivity index (χ3n) is 3.36. The van der Waals surface area contributed by atoms with Crippen molar-refractivity contribution in [3.8, 4) is 0 Å². The van der Waals surface area contributed by atoms with E-state index in [9.17, 15) is 13.2 Å². The molecule has 6 nitrogen and oxygen atoms in total. The first-order valence-electron chi connectivity index (χ1n) is 7.01. The molecule has 2 aromatic carbocycles. The van der Waals surface area contributed by atoms with Gasteiger partial charge in [-0.15, -0.1) is 11.3 Å². The SMILES string of the molecule is O=C(Cc1ccc(NS(=O)(=O)c2cc3ccccc3s2)cc1)NO. The number of carbonyl (C=O) groups is 1. The summed E-state index contributed by atoms with van der Waals surface area (Å²) in [4.78, 5) is 11.1. The Hall–Kier alpha value is -2.42. The molecule has 0 saturated carbocycles. The molecule has 0 fully saturated rings. The molecule has 0 atom stereocenters. The number of fused-ring (bicyclic) bond motifs is 1. The van der Waals surface area contributed by atoms with Crippen molar-refractivity contribution in [2.45, 2.75) is 10.6 Å². The van der Waals surface area contributed by atoms with Crippen LogP contribution in [0.3, 0.4) is 0 Å². The number of nitrogens with one attached hydrogen (secondary N) is 2. The van der Waals surface area contributed by atoms with E-state index < -0.39 is 15.9 Å². The monoisotopic (exact) mass is 362 g/mol. The molecule has 0 unspecified atom stereocenters. The lowest BCUT2D eigenvalue weighted by atomic mass is 10.1. The highest BCUT2D eigenvalue weighted by Gasteiger charge is 2.17. The Labute approximate surface area is 142 Å². The molecule has 124 valence electrons. The van der Waals surface area contributed by atoms with Gasteiger partial charge >= 0.3 is 0 Å². The zero-order chi connectivity index (χ0) is 17.2. The molecule has 3 N–H and O–H groups in total. The van der Waals surface area contributed by atoms with Gasteiger partial charge in [-0.25, -0.2) is 13.9 Å². The molecule has 1 heterocycles.